The molecule has 39 heavy (non-hydrogen) atoms. The van der Waals surface area contributed by atoms with Crippen LogP contribution in [0.15, 0.2) is 51.6 Å². The summed E-state index contributed by atoms with van der Waals surface area (Å²) in [6.07, 6.45) is 4.84. The maximum absolute atomic E-state index is 12.8. The van der Waals surface area contributed by atoms with E-state index in [0.29, 0.717) is 68.8 Å². The summed E-state index contributed by atoms with van der Waals surface area (Å²) in [4.78, 5) is 41.5. The normalized spacial score (nSPS) is 18.8. The summed E-state index contributed by atoms with van der Waals surface area (Å²) in [5.74, 6) is 0.512. The quantitative estimate of drug-likeness (QED) is 0.321. The first-order valence-electron chi connectivity index (χ1n) is 13.1. The monoisotopic (exact) mass is 526 g/mol. The zero-order chi connectivity index (χ0) is 27.2. The first kappa shape index (κ1) is 26.2. The highest BCUT2D eigenvalue weighted by atomic mass is 16.2. The summed E-state index contributed by atoms with van der Waals surface area (Å²) in [6, 6.07) is 13.6. The minimum atomic E-state index is -0.764. The number of hydrogen-bond acceptors (Lipinski definition) is 8. The highest BCUT2D eigenvalue weighted by Gasteiger charge is 2.45. The van der Waals surface area contributed by atoms with Crippen molar-refractivity contribution in [1.29, 1.82) is 5.26 Å². The summed E-state index contributed by atoms with van der Waals surface area (Å²) >= 11 is 0. The lowest BCUT2D eigenvalue weighted by molar-refractivity contribution is -0.130. The van der Waals surface area contributed by atoms with Crippen LogP contribution in [0, 0.1) is 11.3 Å². The fourth-order valence-corrected chi connectivity index (χ4v) is 6.01. The number of fused-ring (bicyclic) bond motifs is 2. The van der Waals surface area contributed by atoms with Gasteiger partial charge in [-0.2, -0.15) is 10.4 Å². The average molecular weight is 527 g/mol. The molecule has 0 aromatic heterocycles. The maximum Gasteiger partial charge on any atom is 0.237 e. The van der Waals surface area contributed by atoms with Gasteiger partial charge in [-0.1, -0.05) is 12.1 Å². The fraction of sp³-hybridized carbons (Fsp3) is 0.393. The van der Waals surface area contributed by atoms with Gasteiger partial charge >= 0.3 is 0 Å². The second-order valence-electron chi connectivity index (χ2n) is 9.84. The zero-order valence-electron chi connectivity index (χ0n) is 21.5. The van der Waals surface area contributed by atoms with Gasteiger partial charge in [-0.15, -0.1) is 5.11 Å². The van der Waals surface area contributed by atoms with Crippen LogP contribution < -0.4 is 16.0 Å². The van der Waals surface area contributed by atoms with Crippen molar-refractivity contribution in [1.82, 2.24) is 10.2 Å². The second kappa shape index (κ2) is 11.5. The summed E-state index contributed by atoms with van der Waals surface area (Å²) in [5.41, 5.74) is 4.78. The van der Waals surface area contributed by atoms with Crippen molar-refractivity contribution >= 4 is 35.9 Å². The maximum atomic E-state index is 12.8. The van der Waals surface area contributed by atoms with Crippen LogP contribution in [0.5, 0.6) is 0 Å². The molecule has 2 aliphatic heterocycles. The Morgan fingerprint density at radius 3 is 2.31 bits per heavy atom. The van der Waals surface area contributed by atoms with Crippen LogP contribution in [0.1, 0.15) is 41.5 Å². The number of likely N-dealkylation sites (tertiary alicyclic amines) is 1. The molecule has 1 aliphatic carbocycles. The molecule has 1 fully saturated rings. The Balaban J connectivity index is 1.52. The van der Waals surface area contributed by atoms with Crippen LogP contribution in [-0.2, 0) is 32.6 Å². The third kappa shape index (κ3) is 5.03. The molecule has 0 radical (unpaired) electrons. The first-order chi connectivity index (χ1) is 19.1. The van der Waals surface area contributed by atoms with Crippen LogP contribution in [0.4, 0.5) is 11.4 Å². The Hall–Kier alpha value is -4.43. The van der Waals surface area contributed by atoms with E-state index >= 15 is 0 Å². The molecule has 2 heterocycles. The summed E-state index contributed by atoms with van der Waals surface area (Å²) in [5, 5.41) is 26.8. The number of rotatable bonds is 10. The Labute approximate surface area is 226 Å². The van der Waals surface area contributed by atoms with E-state index in [1.54, 1.807) is 4.90 Å². The van der Waals surface area contributed by atoms with Gasteiger partial charge in [0.05, 0.1) is 18.0 Å². The number of hydrogen-bond donors (Lipinski definition) is 3. The average Bonchev–Trinajstić information content (AvgIpc) is 3.64. The van der Waals surface area contributed by atoms with Crippen molar-refractivity contribution in [2.75, 3.05) is 36.9 Å². The van der Waals surface area contributed by atoms with Crippen LogP contribution >= 0.6 is 0 Å². The third-order valence-corrected chi connectivity index (χ3v) is 7.75. The minimum Gasteiger partial charge on any atom is -0.329 e. The van der Waals surface area contributed by atoms with Gasteiger partial charge in [-0.05, 0) is 85.2 Å². The molecule has 3 N–H and O–H groups in total. The van der Waals surface area contributed by atoms with Gasteiger partial charge in [-0.3, -0.25) is 14.4 Å². The molecule has 11 nitrogen and oxygen atoms in total. The molecule has 11 heteroatoms. The summed E-state index contributed by atoms with van der Waals surface area (Å²) in [6.45, 7) is 1.46. The molecule has 3 amide bonds. The topological polar surface area (TPSA) is 151 Å². The van der Waals surface area contributed by atoms with E-state index in [-0.39, 0.29) is 25.2 Å². The standard InChI is InChI=1S/C28H30N8O3/c29-14-23-2-1-11-36(23)26(39)15-30-10-9-28(27-31-16-34-35-27)24-7-5-21(32-17-37)12-19(24)3-4-20-13-22(33-18-38)6-8-25(20)28/h5-8,12-13,17-18,23,30H,1-4,9-11,15-16H2,(H,32,37)(H,33,38)/t23-/m0/s1. The summed E-state index contributed by atoms with van der Waals surface area (Å²) < 4.78 is 0. The SMILES string of the molecule is N#C[C@@H]1CCCN1C(=O)CNCCC1(C2=NCN=N2)c2ccc(NC=O)cc2CCc2cc(NC=O)ccc21. The highest BCUT2D eigenvalue weighted by molar-refractivity contribution is 5.99. The molecule has 1 saturated heterocycles. The Kier molecular flexibility index (Phi) is 7.74. The Bertz CT molecular complexity index is 1320. The molecular formula is C28H30N8O3. The van der Waals surface area contributed by atoms with Gasteiger partial charge < -0.3 is 20.9 Å². The van der Waals surface area contributed by atoms with Crippen molar-refractivity contribution in [3.05, 3.63) is 58.7 Å². The van der Waals surface area contributed by atoms with Gasteiger partial charge in [0.25, 0.3) is 0 Å². The molecule has 5 rings (SSSR count). The van der Waals surface area contributed by atoms with Gasteiger partial charge in [-0.25, -0.2) is 4.99 Å². The predicted octanol–water partition coefficient (Wildman–Crippen LogP) is 2.52. The fourth-order valence-electron chi connectivity index (χ4n) is 6.01. The van der Waals surface area contributed by atoms with Crippen molar-refractivity contribution in [2.45, 2.75) is 43.6 Å². The van der Waals surface area contributed by atoms with Crippen molar-refractivity contribution in [3.8, 4) is 6.07 Å². The van der Waals surface area contributed by atoms with Crippen LogP contribution in [0.3, 0.4) is 0 Å². The lowest BCUT2D eigenvalue weighted by Gasteiger charge is -2.35. The first-order valence-corrected chi connectivity index (χ1v) is 13.1. The van der Waals surface area contributed by atoms with Crippen LogP contribution in [-0.4, -0.2) is 61.8 Å². The van der Waals surface area contributed by atoms with Gasteiger partial charge in [0, 0.05) is 17.9 Å². The minimum absolute atomic E-state index is 0.0816. The Morgan fingerprint density at radius 1 is 1.08 bits per heavy atom. The van der Waals surface area contributed by atoms with E-state index in [4.69, 9.17) is 0 Å². The van der Waals surface area contributed by atoms with Gasteiger partial charge in [0.1, 0.15) is 6.04 Å². The number of azo groups is 1. The van der Waals surface area contributed by atoms with E-state index in [1.165, 1.54) is 0 Å². The van der Waals surface area contributed by atoms with E-state index in [0.717, 1.165) is 28.7 Å². The van der Waals surface area contributed by atoms with E-state index < -0.39 is 5.41 Å². The van der Waals surface area contributed by atoms with Gasteiger partial charge in [0.2, 0.25) is 18.7 Å². The number of anilines is 2. The number of nitrogens with zero attached hydrogens (tertiary/aromatic N) is 5. The zero-order valence-corrected chi connectivity index (χ0v) is 21.5. The molecule has 0 spiro atoms. The second-order valence-corrected chi connectivity index (χ2v) is 9.84. The molecule has 2 aromatic carbocycles. The molecule has 0 saturated carbocycles. The molecule has 0 bridgehead atoms. The number of amides is 3. The lowest BCUT2D eigenvalue weighted by Crippen LogP contribution is -2.43. The molecular weight excluding hydrogens is 496 g/mol. The number of aliphatic imine (C=N–C) groups is 1. The van der Waals surface area contributed by atoms with Crippen molar-refractivity contribution < 1.29 is 14.4 Å². The number of carbonyl (C=O) groups is 3. The predicted molar refractivity (Wildman–Crippen MR) is 145 cm³/mol. The Morgan fingerprint density at radius 2 is 1.74 bits per heavy atom. The molecule has 3 aliphatic rings. The van der Waals surface area contributed by atoms with E-state index in [1.807, 2.05) is 36.4 Å². The van der Waals surface area contributed by atoms with Crippen molar-refractivity contribution in [3.63, 3.8) is 0 Å². The molecule has 2 aromatic rings. The molecule has 1 atom stereocenters. The van der Waals surface area contributed by atoms with Crippen molar-refractivity contribution in [2.24, 2.45) is 15.2 Å². The lowest BCUT2D eigenvalue weighted by atomic mass is 9.69. The largest absolute Gasteiger partial charge is 0.329 e. The number of amidine groups is 1. The highest BCUT2D eigenvalue weighted by Crippen LogP contribution is 2.45. The molecule has 0 unspecified atom stereocenters. The number of nitrogens with one attached hydrogen (secondary N) is 3. The van der Waals surface area contributed by atoms with Crippen LogP contribution in [0.25, 0.3) is 0 Å². The number of benzene rings is 2. The number of aryl methyl sites for hydroxylation is 2. The van der Waals surface area contributed by atoms with Crippen LogP contribution in [0.2, 0.25) is 0 Å². The van der Waals surface area contributed by atoms with E-state index in [9.17, 15) is 19.6 Å². The summed E-state index contributed by atoms with van der Waals surface area (Å²) in [7, 11) is 0. The smallest absolute Gasteiger partial charge is 0.237 e. The number of carbonyl (C=O) groups excluding carboxylic acids is 3. The third-order valence-electron chi connectivity index (χ3n) is 7.75. The number of nitriles is 1. The molecule has 200 valence electrons. The van der Waals surface area contributed by atoms with E-state index in [2.05, 4.69) is 37.2 Å². The van der Waals surface area contributed by atoms with Gasteiger partial charge in [0.15, 0.2) is 12.5 Å².